The van der Waals surface area contributed by atoms with Gasteiger partial charge in [-0.05, 0) is 49.0 Å². The van der Waals surface area contributed by atoms with E-state index in [9.17, 15) is 0 Å². The van der Waals surface area contributed by atoms with Crippen LogP contribution in [0.2, 0.25) is 0 Å². The summed E-state index contributed by atoms with van der Waals surface area (Å²) in [6, 6.07) is 9.79. The standard InChI is InChI=1S/C13H12BrN3OS/c1-8-2-4-10(11(14)6-8)12-5-3-9(18-12)7-16-17-13(15)19/h2-7H,1H3,(H3,15,17,19). The summed E-state index contributed by atoms with van der Waals surface area (Å²) in [5.74, 6) is 1.38. The van der Waals surface area contributed by atoms with Gasteiger partial charge >= 0.3 is 0 Å². The molecule has 0 spiro atoms. The van der Waals surface area contributed by atoms with E-state index < -0.39 is 0 Å². The van der Waals surface area contributed by atoms with Crippen molar-refractivity contribution in [3.63, 3.8) is 0 Å². The monoisotopic (exact) mass is 337 g/mol. The zero-order valence-corrected chi connectivity index (χ0v) is 12.6. The molecule has 2 aromatic rings. The molecule has 1 aromatic carbocycles. The molecule has 0 unspecified atom stereocenters. The summed E-state index contributed by atoms with van der Waals surface area (Å²) >= 11 is 8.16. The first-order valence-corrected chi connectivity index (χ1v) is 6.71. The van der Waals surface area contributed by atoms with Gasteiger partial charge < -0.3 is 10.2 Å². The minimum atomic E-state index is 0.115. The fourth-order valence-corrected chi connectivity index (χ4v) is 2.29. The average molecular weight is 338 g/mol. The molecule has 0 aliphatic rings. The Morgan fingerprint density at radius 3 is 2.89 bits per heavy atom. The SMILES string of the molecule is Cc1ccc(-c2ccc(C=NNC(N)=S)o2)c(Br)c1. The molecule has 0 amide bonds. The second kappa shape index (κ2) is 5.99. The van der Waals surface area contributed by atoms with Crippen LogP contribution in [-0.2, 0) is 0 Å². The van der Waals surface area contributed by atoms with Gasteiger partial charge in [-0.15, -0.1) is 0 Å². The zero-order chi connectivity index (χ0) is 13.8. The fourth-order valence-electron chi connectivity index (χ4n) is 1.55. The van der Waals surface area contributed by atoms with E-state index in [2.05, 4.69) is 38.7 Å². The van der Waals surface area contributed by atoms with Crippen LogP contribution in [0, 0.1) is 6.92 Å². The molecule has 1 heterocycles. The maximum atomic E-state index is 5.67. The van der Waals surface area contributed by atoms with Gasteiger partial charge in [0, 0.05) is 10.0 Å². The fraction of sp³-hybridized carbons (Fsp3) is 0.0769. The molecule has 0 bridgehead atoms. The Morgan fingerprint density at radius 1 is 1.42 bits per heavy atom. The molecule has 1 aromatic heterocycles. The van der Waals surface area contributed by atoms with Crippen LogP contribution in [-0.4, -0.2) is 11.3 Å². The predicted octanol–water partition coefficient (Wildman–Crippen LogP) is 3.18. The van der Waals surface area contributed by atoms with Crippen LogP contribution < -0.4 is 11.2 Å². The van der Waals surface area contributed by atoms with Crippen LogP contribution in [0.5, 0.6) is 0 Å². The molecule has 6 heteroatoms. The summed E-state index contributed by atoms with van der Waals surface area (Å²) in [6.45, 7) is 2.04. The van der Waals surface area contributed by atoms with Crippen molar-refractivity contribution >= 4 is 39.5 Å². The average Bonchev–Trinajstić information content (AvgIpc) is 2.77. The number of benzene rings is 1. The van der Waals surface area contributed by atoms with E-state index in [4.69, 9.17) is 10.2 Å². The van der Waals surface area contributed by atoms with Crippen molar-refractivity contribution in [3.8, 4) is 11.3 Å². The Balaban J connectivity index is 2.21. The minimum Gasteiger partial charge on any atom is -0.455 e. The van der Waals surface area contributed by atoms with Crippen LogP contribution in [0.15, 0.2) is 44.3 Å². The molecule has 0 saturated carbocycles. The third kappa shape index (κ3) is 3.65. The highest BCUT2D eigenvalue weighted by molar-refractivity contribution is 9.10. The number of nitrogens with two attached hydrogens (primary N) is 1. The van der Waals surface area contributed by atoms with E-state index in [-0.39, 0.29) is 5.11 Å². The van der Waals surface area contributed by atoms with Gasteiger partial charge in [0.2, 0.25) is 0 Å². The first kappa shape index (κ1) is 13.8. The number of hydrazone groups is 1. The number of halogens is 1. The number of thiocarbonyl (C=S) groups is 1. The van der Waals surface area contributed by atoms with Gasteiger partial charge in [0.25, 0.3) is 0 Å². The first-order valence-electron chi connectivity index (χ1n) is 5.51. The number of aryl methyl sites for hydroxylation is 1. The van der Waals surface area contributed by atoms with Crippen molar-refractivity contribution in [2.75, 3.05) is 0 Å². The molecule has 19 heavy (non-hydrogen) atoms. The Hall–Kier alpha value is -1.66. The van der Waals surface area contributed by atoms with Crippen molar-refractivity contribution in [3.05, 3.63) is 46.1 Å². The van der Waals surface area contributed by atoms with Crippen LogP contribution in [0.25, 0.3) is 11.3 Å². The normalized spacial score (nSPS) is 10.8. The van der Waals surface area contributed by atoms with Gasteiger partial charge in [-0.2, -0.15) is 5.10 Å². The number of nitrogens with one attached hydrogen (secondary N) is 1. The molecule has 0 radical (unpaired) electrons. The quantitative estimate of drug-likeness (QED) is 0.513. The van der Waals surface area contributed by atoms with Crippen molar-refractivity contribution in [2.24, 2.45) is 10.8 Å². The first-order chi connectivity index (χ1) is 9.06. The summed E-state index contributed by atoms with van der Waals surface area (Å²) < 4.78 is 6.66. The van der Waals surface area contributed by atoms with E-state index in [1.165, 1.54) is 11.8 Å². The smallest absolute Gasteiger partial charge is 0.184 e. The highest BCUT2D eigenvalue weighted by Crippen LogP contribution is 2.30. The van der Waals surface area contributed by atoms with Crippen LogP contribution >= 0.6 is 28.1 Å². The lowest BCUT2D eigenvalue weighted by molar-refractivity contribution is 0.574. The molecule has 0 atom stereocenters. The molecule has 98 valence electrons. The highest BCUT2D eigenvalue weighted by Gasteiger charge is 2.07. The maximum Gasteiger partial charge on any atom is 0.184 e. The summed E-state index contributed by atoms with van der Waals surface area (Å²) in [5.41, 5.74) is 9.91. The van der Waals surface area contributed by atoms with Gasteiger partial charge in [-0.1, -0.05) is 22.0 Å². The Morgan fingerprint density at radius 2 is 2.21 bits per heavy atom. The van der Waals surface area contributed by atoms with Crippen molar-refractivity contribution in [1.82, 2.24) is 5.43 Å². The second-order valence-corrected chi connectivity index (χ2v) is 5.21. The van der Waals surface area contributed by atoms with Gasteiger partial charge in [0.05, 0.1) is 6.21 Å². The summed E-state index contributed by atoms with van der Waals surface area (Å²) in [7, 11) is 0. The summed E-state index contributed by atoms with van der Waals surface area (Å²) in [5, 5.41) is 3.95. The summed E-state index contributed by atoms with van der Waals surface area (Å²) in [6.07, 6.45) is 1.52. The van der Waals surface area contributed by atoms with Crippen LogP contribution in [0.1, 0.15) is 11.3 Å². The lowest BCUT2D eigenvalue weighted by Crippen LogP contribution is -2.23. The molecule has 2 rings (SSSR count). The largest absolute Gasteiger partial charge is 0.455 e. The number of furan rings is 1. The number of hydrogen-bond donors (Lipinski definition) is 2. The second-order valence-electron chi connectivity index (χ2n) is 3.92. The van der Waals surface area contributed by atoms with Crippen molar-refractivity contribution in [2.45, 2.75) is 6.92 Å². The van der Waals surface area contributed by atoms with E-state index in [0.717, 1.165) is 15.8 Å². The van der Waals surface area contributed by atoms with E-state index in [1.807, 2.05) is 37.3 Å². The van der Waals surface area contributed by atoms with Gasteiger partial charge in [-0.25, -0.2) is 0 Å². The van der Waals surface area contributed by atoms with E-state index in [0.29, 0.717) is 5.76 Å². The Bertz CT molecular complexity index is 637. The Labute approximate surface area is 124 Å². The zero-order valence-electron chi connectivity index (χ0n) is 10.2. The van der Waals surface area contributed by atoms with Gasteiger partial charge in [0.1, 0.15) is 11.5 Å². The highest BCUT2D eigenvalue weighted by atomic mass is 79.9. The Kier molecular flexibility index (Phi) is 4.34. The molecular formula is C13H12BrN3OS. The molecule has 0 aliphatic heterocycles. The van der Waals surface area contributed by atoms with Crippen LogP contribution in [0.4, 0.5) is 0 Å². The van der Waals surface area contributed by atoms with E-state index in [1.54, 1.807) is 0 Å². The molecule has 0 saturated heterocycles. The van der Waals surface area contributed by atoms with E-state index >= 15 is 0 Å². The van der Waals surface area contributed by atoms with Gasteiger partial charge in [0.15, 0.2) is 5.11 Å². The third-order valence-corrected chi connectivity index (χ3v) is 3.13. The molecule has 3 N–H and O–H groups in total. The maximum absolute atomic E-state index is 5.67. The van der Waals surface area contributed by atoms with Crippen LogP contribution in [0.3, 0.4) is 0 Å². The van der Waals surface area contributed by atoms with Gasteiger partial charge in [-0.3, -0.25) is 5.43 Å². The number of rotatable bonds is 3. The minimum absolute atomic E-state index is 0.115. The molecule has 0 aliphatic carbocycles. The third-order valence-electron chi connectivity index (χ3n) is 2.38. The van der Waals surface area contributed by atoms with Crippen molar-refractivity contribution in [1.29, 1.82) is 0 Å². The lowest BCUT2D eigenvalue weighted by Gasteiger charge is -2.01. The number of nitrogens with zero attached hydrogens (tertiary/aromatic N) is 1. The topological polar surface area (TPSA) is 63.5 Å². The predicted molar refractivity (Wildman–Crippen MR) is 84.1 cm³/mol. The number of hydrogen-bond acceptors (Lipinski definition) is 3. The molecule has 4 nitrogen and oxygen atoms in total. The lowest BCUT2D eigenvalue weighted by atomic mass is 10.1. The molecular weight excluding hydrogens is 326 g/mol. The summed E-state index contributed by atoms with van der Waals surface area (Å²) in [4.78, 5) is 0. The molecule has 0 fully saturated rings. The van der Waals surface area contributed by atoms with Crippen molar-refractivity contribution < 1.29 is 4.42 Å².